The number of rotatable bonds is 16. The highest BCUT2D eigenvalue weighted by Gasteiger charge is 2.45. The molecular weight excluding hydrogens is 753 g/mol. The van der Waals surface area contributed by atoms with Crippen molar-refractivity contribution in [1.29, 1.82) is 0 Å². The molecule has 0 saturated carbocycles. The number of aromatic nitrogens is 4. The van der Waals surface area contributed by atoms with Gasteiger partial charge in [0.15, 0.2) is 11.9 Å². The van der Waals surface area contributed by atoms with Gasteiger partial charge >= 0.3 is 6.09 Å². The number of hydrogen-bond donors (Lipinski definition) is 0. The molecule has 0 spiro atoms. The van der Waals surface area contributed by atoms with Gasteiger partial charge in [0.2, 0.25) is 0 Å². The Balaban J connectivity index is 1.37. The molecule has 6 rings (SSSR count). The molecule has 14 heteroatoms. The maximum atomic E-state index is 13.4. The standard InChI is InChI=1S/C43H62N6O6Si2/c1-43(2,3)55-42(51)48-34-13-14-35(48)23-32(22-34)38-24-40(47(28-53-17-19-56(5,6)7)29-54-18-20-57(8,9)10)49-41(46-38)36(26-45-49)31-11-15-37(44-25-31)30-12-16-39(52-4)33(21-30)27-50/h11-12,15-16,21,24-27,32,34-35H,13-14,17-20,22-23,28-29H2,1-10H3/t32-,34+,35-. The fourth-order valence-electron chi connectivity index (χ4n) is 7.62. The number of aldehydes is 1. The minimum atomic E-state index is -1.30. The molecule has 1 amide bonds. The number of amides is 1. The summed E-state index contributed by atoms with van der Waals surface area (Å²) in [4.78, 5) is 39.4. The van der Waals surface area contributed by atoms with E-state index < -0.39 is 21.7 Å². The summed E-state index contributed by atoms with van der Waals surface area (Å²) in [5, 5.41) is 4.94. The molecule has 12 nitrogen and oxygen atoms in total. The molecular formula is C43H62N6O6Si2. The van der Waals surface area contributed by atoms with Crippen LogP contribution < -0.4 is 9.64 Å². The number of methoxy groups -OCH3 is 1. The van der Waals surface area contributed by atoms with Gasteiger partial charge in [0.1, 0.15) is 30.6 Å². The molecule has 0 unspecified atom stereocenters. The van der Waals surface area contributed by atoms with Crippen LogP contribution in [0.4, 0.5) is 10.6 Å². The van der Waals surface area contributed by atoms with Crippen molar-refractivity contribution >= 4 is 40.0 Å². The van der Waals surface area contributed by atoms with Crippen molar-refractivity contribution in [3.05, 3.63) is 60.0 Å². The zero-order chi connectivity index (χ0) is 41.1. The molecule has 3 aromatic heterocycles. The largest absolute Gasteiger partial charge is 0.496 e. The lowest BCUT2D eigenvalue weighted by atomic mass is 9.88. The maximum Gasteiger partial charge on any atom is 0.410 e. The summed E-state index contributed by atoms with van der Waals surface area (Å²) in [6.45, 7) is 22.0. The van der Waals surface area contributed by atoms with Gasteiger partial charge in [0.25, 0.3) is 0 Å². The highest BCUT2D eigenvalue weighted by Crippen LogP contribution is 2.44. The molecule has 0 radical (unpaired) electrons. The summed E-state index contributed by atoms with van der Waals surface area (Å²) in [5.41, 5.74) is 4.89. The molecule has 3 atom stereocenters. The van der Waals surface area contributed by atoms with Gasteiger partial charge in [0, 0.05) is 82.0 Å². The Morgan fingerprint density at radius 1 is 0.895 bits per heavy atom. The molecule has 57 heavy (non-hydrogen) atoms. The molecule has 1 aromatic carbocycles. The van der Waals surface area contributed by atoms with Crippen molar-refractivity contribution < 1.29 is 28.5 Å². The number of carbonyl (C=O) groups is 2. The topological polar surface area (TPSA) is 121 Å². The van der Waals surface area contributed by atoms with E-state index in [4.69, 9.17) is 34.0 Å². The molecule has 2 saturated heterocycles. The monoisotopic (exact) mass is 814 g/mol. The Kier molecular flexibility index (Phi) is 13.0. The number of pyridine rings is 1. The fraction of sp³-hybridized carbons (Fsp3) is 0.558. The van der Waals surface area contributed by atoms with Gasteiger partial charge in [-0.1, -0.05) is 45.3 Å². The lowest BCUT2D eigenvalue weighted by Crippen LogP contribution is -2.48. The van der Waals surface area contributed by atoms with E-state index in [0.717, 1.165) is 83.6 Å². The second-order valence-electron chi connectivity index (χ2n) is 19.0. The van der Waals surface area contributed by atoms with Gasteiger partial charge in [-0.3, -0.25) is 9.78 Å². The van der Waals surface area contributed by atoms with Crippen molar-refractivity contribution in [3.8, 4) is 28.1 Å². The minimum Gasteiger partial charge on any atom is -0.496 e. The van der Waals surface area contributed by atoms with E-state index in [0.29, 0.717) is 38.0 Å². The fourth-order valence-corrected chi connectivity index (χ4v) is 9.13. The first-order valence-corrected chi connectivity index (χ1v) is 27.7. The van der Waals surface area contributed by atoms with Gasteiger partial charge in [-0.2, -0.15) is 9.61 Å². The summed E-state index contributed by atoms with van der Waals surface area (Å²) < 4.78 is 25.9. The Bertz CT molecular complexity index is 1980. The first kappa shape index (κ1) is 42.5. The van der Waals surface area contributed by atoms with Crippen molar-refractivity contribution in [3.63, 3.8) is 0 Å². The van der Waals surface area contributed by atoms with E-state index in [9.17, 15) is 9.59 Å². The van der Waals surface area contributed by atoms with Crippen LogP contribution in [0.1, 0.15) is 68.4 Å². The van der Waals surface area contributed by atoms with Gasteiger partial charge in [-0.25, -0.2) is 9.78 Å². The van der Waals surface area contributed by atoms with Gasteiger partial charge < -0.3 is 28.7 Å². The predicted octanol–water partition coefficient (Wildman–Crippen LogP) is 9.36. The van der Waals surface area contributed by atoms with Crippen LogP contribution in [-0.4, -0.2) is 104 Å². The van der Waals surface area contributed by atoms with Gasteiger partial charge in [-0.15, -0.1) is 0 Å². The number of benzene rings is 1. The quantitative estimate of drug-likeness (QED) is 0.0468. The van der Waals surface area contributed by atoms with Crippen LogP contribution >= 0.6 is 0 Å². The summed E-state index contributed by atoms with van der Waals surface area (Å²) >= 11 is 0. The van der Waals surface area contributed by atoms with Crippen LogP contribution in [0.25, 0.3) is 28.0 Å². The van der Waals surface area contributed by atoms with Crippen LogP contribution in [0.2, 0.25) is 51.4 Å². The van der Waals surface area contributed by atoms with E-state index in [1.54, 1.807) is 19.2 Å². The Morgan fingerprint density at radius 2 is 1.53 bits per heavy atom. The zero-order valence-electron chi connectivity index (χ0n) is 35.6. The molecule has 4 aromatic rings. The van der Waals surface area contributed by atoms with E-state index in [1.807, 2.05) is 60.8 Å². The molecule has 5 heterocycles. The number of nitrogens with zero attached hydrogens (tertiary/aromatic N) is 6. The van der Waals surface area contributed by atoms with E-state index in [-0.39, 0.29) is 24.1 Å². The second kappa shape index (κ2) is 17.4. The first-order valence-electron chi connectivity index (χ1n) is 20.3. The first-order chi connectivity index (χ1) is 26.9. The number of ether oxygens (including phenoxy) is 4. The Hall–Kier alpha value is -4.12. The minimum absolute atomic E-state index is 0.0924. The van der Waals surface area contributed by atoms with Crippen LogP contribution in [0.5, 0.6) is 5.75 Å². The molecule has 2 aliphatic heterocycles. The number of hydrogen-bond acceptors (Lipinski definition) is 10. The summed E-state index contributed by atoms with van der Waals surface area (Å²) in [6, 6.07) is 13.9. The molecule has 2 aliphatic rings. The SMILES string of the molecule is COc1ccc(-c2ccc(-c3cnn4c(N(COCC[Si](C)(C)C)COCC[Si](C)(C)C)cc([C@H]5C[C@H]6CC[C@@H](C5)N6C(=O)OC(C)(C)C)nc34)cn2)cc1C=O. The second-order valence-corrected chi connectivity index (χ2v) is 30.3. The molecule has 308 valence electrons. The van der Waals surface area contributed by atoms with Crippen molar-refractivity contribution in [2.45, 2.75) is 121 Å². The number of anilines is 1. The van der Waals surface area contributed by atoms with E-state index in [2.05, 4.69) is 50.2 Å². The van der Waals surface area contributed by atoms with Gasteiger partial charge in [0.05, 0.1) is 24.6 Å². The molecule has 0 aliphatic carbocycles. The summed E-state index contributed by atoms with van der Waals surface area (Å²) in [5.74, 6) is 1.51. The summed E-state index contributed by atoms with van der Waals surface area (Å²) in [6.07, 6.45) is 7.79. The van der Waals surface area contributed by atoms with Crippen molar-refractivity contribution in [1.82, 2.24) is 24.5 Å². The average Bonchev–Trinajstić information content (AvgIpc) is 3.69. The highest BCUT2D eigenvalue weighted by molar-refractivity contribution is 6.76. The third-order valence-electron chi connectivity index (χ3n) is 10.8. The van der Waals surface area contributed by atoms with Crippen molar-refractivity contribution in [2.24, 2.45) is 0 Å². The number of carbonyl (C=O) groups excluding carboxylic acids is 2. The smallest absolute Gasteiger partial charge is 0.410 e. The Labute approximate surface area is 340 Å². The maximum absolute atomic E-state index is 13.4. The lowest BCUT2D eigenvalue weighted by Gasteiger charge is -2.39. The zero-order valence-corrected chi connectivity index (χ0v) is 37.6. The molecule has 2 fully saturated rings. The highest BCUT2D eigenvalue weighted by atomic mass is 28.3. The molecule has 0 N–H and O–H groups in total. The van der Waals surface area contributed by atoms with Crippen LogP contribution in [0, 0.1) is 0 Å². The average molecular weight is 815 g/mol. The predicted molar refractivity (Wildman–Crippen MR) is 231 cm³/mol. The Morgan fingerprint density at radius 3 is 2.07 bits per heavy atom. The van der Waals surface area contributed by atoms with Gasteiger partial charge in [-0.05, 0) is 82.8 Å². The third kappa shape index (κ3) is 10.7. The number of piperidine rings is 1. The van der Waals surface area contributed by atoms with E-state index >= 15 is 0 Å². The van der Waals surface area contributed by atoms with Crippen LogP contribution in [0.3, 0.4) is 0 Å². The van der Waals surface area contributed by atoms with Crippen molar-refractivity contribution in [2.75, 3.05) is 38.7 Å². The van der Waals surface area contributed by atoms with Crippen LogP contribution in [-0.2, 0) is 14.2 Å². The number of fused-ring (bicyclic) bond motifs is 3. The molecule has 2 bridgehead atoms. The van der Waals surface area contributed by atoms with Crippen LogP contribution in [0.15, 0.2) is 48.8 Å². The summed E-state index contributed by atoms with van der Waals surface area (Å²) in [7, 11) is -1.05. The van der Waals surface area contributed by atoms with E-state index in [1.165, 1.54) is 0 Å². The third-order valence-corrected chi connectivity index (χ3v) is 14.2. The lowest BCUT2D eigenvalue weighted by molar-refractivity contribution is 0.00568. The normalized spacial score (nSPS) is 18.6.